The maximum Gasteiger partial charge on any atom is 0.220 e. The highest BCUT2D eigenvalue weighted by Crippen LogP contribution is 2.22. The molecule has 1 aromatic heterocycles. The highest BCUT2D eigenvalue weighted by atomic mass is 16.3. The standard InChI is InChI=1S/C18H23N5O2/c1-11(2)6-14(10-24)20-18-21-16(17(25)23(18)3)8-12-4-5-15-13(7-12)9-19-22-15/h4-5,7-9,11,14,24-25H,6,10H2,1-3H3,(H,20,21)/t14-/m1/s1. The zero-order valence-electron chi connectivity index (χ0n) is 14.6. The highest BCUT2D eigenvalue weighted by molar-refractivity contribution is 5.80. The first-order valence-corrected chi connectivity index (χ1v) is 8.34. The van der Waals surface area contributed by atoms with Crippen LogP contribution in [0.5, 0.6) is 5.88 Å². The van der Waals surface area contributed by atoms with Crippen LogP contribution in [0.15, 0.2) is 28.4 Å². The summed E-state index contributed by atoms with van der Waals surface area (Å²) in [4.78, 5) is 4.47. The molecule has 2 aromatic rings. The lowest BCUT2D eigenvalue weighted by atomic mass is 10.0. The monoisotopic (exact) mass is 341 g/mol. The molecule has 3 N–H and O–H groups in total. The number of fused-ring (bicyclic) bond motifs is 1. The van der Waals surface area contributed by atoms with Crippen LogP contribution in [0.4, 0.5) is 5.95 Å². The molecule has 132 valence electrons. The Morgan fingerprint density at radius 1 is 1.32 bits per heavy atom. The second-order valence-corrected chi connectivity index (χ2v) is 6.66. The van der Waals surface area contributed by atoms with Crippen LogP contribution < -0.4 is 15.9 Å². The molecule has 7 nitrogen and oxygen atoms in total. The summed E-state index contributed by atoms with van der Waals surface area (Å²) in [5.41, 5.74) is 1.41. The molecule has 1 aliphatic heterocycles. The van der Waals surface area contributed by atoms with Crippen LogP contribution in [0.2, 0.25) is 0 Å². The maximum absolute atomic E-state index is 10.4. The van der Waals surface area contributed by atoms with Crippen molar-refractivity contribution >= 4 is 18.2 Å². The quantitative estimate of drug-likeness (QED) is 0.722. The van der Waals surface area contributed by atoms with Gasteiger partial charge in [0.05, 0.1) is 24.2 Å². The summed E-state index contributed by atoms with van der Waals surface area (Å²) >= 11 is 0. The first kappa shape index (κ1) is 17.2. The van der Waals surface area contributed by atoms with Gasteiger partial charge in [0.15, 0.2) is 0 Å². The first-order chi connectivity index (χ1) is 12.0. The molecular formula is C18H23N5O2. The zero-order valence-corrected chi connectivity index (χ0v) is 14.6. The Morgan fingerprint density at radius 2 is 2.12 bits per heavy atom. The van der Waals surface area contributed by atoms with Crippen molar-refractivity contribution in [3.63, 3.8) is 0 Å². The van der Waals surface area contributed by atoms with Gasteiger partial charge in [0.1, 0.15) is 5.69 Å². The topological polar surface area (TPSA) is 95.0 Å². The van der Waals surface area contributed by atoms with Crippen LogP contribution in [0.1, 0.15) is 31.5 Å². The number of hydrogen-bond donors (Lipinski definition) is 3. The number of imidazole rings is 1. The lowest BCUT2D eigenvalue weighted by Crippen LogP contribution is -2.27. The second kappa shape index (κ2) is 7.06. The first-order valence-electron chi connectivity index (χ1n) is 8.34. The summed E-state index contributed by atoms with van der Waals surface area (Å²) < 4.78 is 1.58. The minimum Gasteiger partial charge on any atom is -0.493 e. The van der Waals surface area contributed by atoms with Gasteiger partial charge in [-0.25, -0.2) is 4.98 Å². The van der Waals surface area contributed by atoms with E-state index in [0.29, 0.717) is 17.6 Å². The highest BCUT2D eigenvalue weighted by Gasteiger charge is 2.16. The van der Waals surface area contributed by atoms with E-state index in [9.17, 15) is 10.2 Å². The molecule has 1 atom stereocenters. The maximum atomic E-state index is 10.4. The molecule has 1 aliphatic rings. The fraction of sp³-hybridized carbons (Fsp3) is 0.389. The molecule has 0 saturated carbocycles. The number of nitrogens with one attached hydrogen (secondary N) is 1. The lowest BCUT2D eigenvalue weighted by molar-refractivity contribution is 0.258. The number of aliphatic hydroxyl groups is 1. The van der Waals surface area contributed by atoms with Crippen molar-refractivity contribution in [1.29, 1.82) is 0 Å². The number of nitrogens with zero attached hydrogens (tertiary/aromatic N) is 4. The molecule has 0 fully saturated rings. The molecule has 0 radical (unpaired) electrons. The molecule has 1 aromatic carbocycles. The van der Waals surface area contributed by atoms with E-state index < -0.39 is 0 Å². The molecule has 2 heterocycles. The largest absolute Gasteiger partial charge is 0.493 e. The minimum absolute atomic E-state index is 0.0124. The molecule has 0 saturated heterocycles. The number of anilines is 1. The molecule has 25 heavy (non-hydrogen) atoms. The van der Waals surface area contributed by atoms with E-state index in [1.807, 2.05) is 24.3 Å². The van der Waals surface area contributed by atoms with E-state index in [1.54, 1.807) is 17.8 Å². The normalized spacial score (nSPS) is 14.7. The Balaban J connectivity index is 1.90. The van der Waals surface area contributed by atoms with Gasteiger partial charge in [-0.05, 0) is 35.8 Å². The van der Waals surface area contributed by atoms with Crippen LogP contribution in [0.3, 0.4) is 0 Å². The van der Waals surface area contributed by atoms with Gasteiger partial charge in [0.2, 0.25) is 11.8 Å². The number of aliphatic hydroxyl groups excluding tert-OH is 1. The molecule has 0 spiro atoms. The molecular weight excluding hydrogens is 318 g/mol. The Labute approximate surface area is 146 Å². The third-order valence-electron chi connectivity index (χ3n) is 4.12. The number of hydrogen-bond acceptors (Lipinski definition) is 6. The molecule has 0 amide bonds. The van der Waals surface area contributed by atoms with E-state index in [4.69, 9.17) is 0 Å². The summed E-state index contributed by atoms with van der Waals surface area (Å²) in [6.07, 6.45) is 4.33. The van der Waals surface area contributed by atoms with Crippen LogP contribution in [0.25, 0.3) is 6.08 Å². The lowest BCUT2D eigenvalue weighted by Gasteiger charge is -2.18. The summed E-state index contributed by atoms with van der Waals surface area (Å²) in [5, 5.41) is 32.7. The van der Waals surface area contributed by atoms with Crippen molar-refractivity contribution < 1.29 is 10.2 Å². The van der Waals surface area contributed by atoms with Crippen LogP contribution in [-0.2, 0) is 7.05 Å². The van der Waals surface area contributed by atoms with Crippen molar-refractivity contribution in [2.45, 2.75) is 26.3 Å². The van der Waals surface area contributed by atoms with Gasteiger partial charge in [-0.2, -0.15) is 10.2 Å². The van der Waals surface area contributed by atoms with E-state index in [2.05, 4.69) is 34.4 Å². The Bertz CT molecular complexity index is 914. The Morgan fingerprint density at radius 3 is 2.84 bits per heavy atom. The zero-order chi connectivity index (χ0) is 18.0. The van der Waals surface area contributed by atoms with Gasteiger partial charge in [-0.1, -0.05) is 19.9 Å². The smallest absolute Gasteiger partial charge is 0.220 e. The van der Waals surface area contributed by atoms with Gasteiger partial charge < -0.3 is 15.5 Å². The Kier molecular flexibility index (Phi) is 4.85. The third kappa shape index (κ3) is 3.71. The van der Waals surface area contributed by atoms with Crippen molar-refractivity contribution in [2.24, 2.45) is 23.2 Å². The second-order valence-electron chi connectivity index (χ2n) is 6.66. The van der Waals surface area contributed by atoms with Gasteiger partial charge in [-0.3, -0.25) is 4.57 Å². The van der Waals surface area contributed by atoms with E-state index in [0.717, 1.165) is 22.6 Å². The fourth-order valence-corrected chi connectivity index (χ4v) is 2.84. The van der Waals surface area contributed by atoms with E-state index in [1.165, 1.54) is 0 Å². The van der Waals surface area contributed by atoms with E-state index >= 15 is 0 Å². The summed E-state index contributed by atoms with van der Waals surface area (Å²) in [6, 6.07) is 5.64. The molecule has 0 bridgehead atoms. The van der Waals surface area contributed by atoms with Crippen LogP contribution >= 0.6 is 0 Å². The number of aromatic nitrogens is 2. The Hall–Kier alpha value is -2.67. The van der Waals surface area contributed by atoms with Gasteiger partial charge in [-0.15, -0.1) is 0 Å². The number of aromatic hydroxyl groups is 1. The van der Waals surface area contributed by atoms with Crippen LogP contribution in [0, 0.1) is 5.92 Å². The van der Waals surface area contributed by atoms with Crippen LogP contribution in [-0.4, -0.2) is 38.6 Å². The SMILES string of the molecule is CC(C)C[C@H](CO)Nc1nc(C=c2ccc3c(c2)C=NN=3)c(O)n1C. The van der Waals surface area contributed by atoms with E-state index in [-0.39, 0.29) is 18.5 Å². The predicted molar refractivity (Wildman–Crippen MR) is 97.2 cm³/mol. The average molecular weight is 341 g/mol. The molecule has 7 heteroatoms. The molecule has 0 aliphatic carbocycles. The van der Waals surface area contributed by atoms with Crippen molar-refractivity contribution in [1.82, 2.24) is 9.55 Å². The van der Waals surface area contributed by atoms with Gasteiger partial charge in [0.25, 0.3) is 0 Å². The average Bonchev–Trinajstić information content (AvgIpc) is 3.14. The van der Waals surface area contributed by atoms with Gasteiger partial charge >= 0.3 is 0 Å². The molecule has 0 unspecified atom stereocenters. The van der Waals surface area contributed by atoms with Crippen molar-refractivity contribution in [3.8, 4) is 5.88 Å². The summed E-state index contributed by atoms with van der Waals surface area (Å²) in [7, 11) is 1.74. The minimum atomic E-state index is -0.105. The molecule has 3 rings (SSSR count). The predicted octanol–water partition coefficient (Wildman–Crippen LogP) is 0.740. The van der Waals surface area contributed by atoms with Gasteiger partial charge in [0, 0.05) is 12.6 Å². The summed E-state index contributed by atoms with van der Waals surface area (Å²) in [5.74, 6) is 1.05. The van der Waals surface area contributed by atoms with Crippen molar-refractivity contribution in [2.75, 3.05) is 11.9 Å². The summed E-state index contributed by atoms with van der Waals surface area (Å²) in [6.45, 7) is 4.21. The van der Waals surface area contributed by atoms with Crippen molar-refractivity contribution in [3.05, 3.63) is 40.0 Å². The number of rotatable bonds is 6. The number of benzene rings is 1. The fourth-order valence-electron chi connectivity index (χ4n) is 2.84. The third-order valence-corrected chi connectivity index (χ3v) is 4.12.